The van der Waals surface area contributed by atoms with E-state index < -0.39 is 34.3 Å². The lowest BCUT2D eigenvalue weighted by Gasteiger charge is -2.40. The topological polar surface area (TPSA) is 91.6 Å². The van der Waals surface area contributed by atoms with Gasteiger partial charge in [0.2, 0.25) is 5.91 Å². The Morgan fingerprint density at radius 3 is 2.59 bits per heavy atom. The minimum Gasteiger partial charge on any atom is -0.507 e. The van der Waals surface area contributed by atoms with Crippen molar-refractivity contribution in [1.29, 1.82) is 0 Å². The summed E-state index contributed by atoms with van der Waals surface area (Å²) < 4.78 is 32.0. The number of carbonyl (C=O) groups is 1. The highest BCUT2D eigenvalue weighted by molar-refractivity contribution is 5.91. The highest BCUT2D eigenvalue weighted by atomic mass is 19.1. The summed E-state index contributed by atoms with van der Waals surface area (Å²) in [6.45, 7) is 10.4. The summed E-state index contributed by atoms with van der Waals surface area (Å²) in [7, 11) is 0. The van der Waals surface area contributed by atoms with Gasteiger partial charge in [-0.05, 0) is 55.7 Å². The fourth-order valence-corrected chi connectivity index (χ4v) is 5.58. The predicted molar refractivity (Wildman–Crippen MR) is 154 cm³/mol. The lowest BCUT2D eigenvalue weighted by Crippen LogP contribution is -2.54. The third kappa shape index (κ3) is 4.94. The van der Waals surface area contributed by atoms with E-state index in [0.29, 0.717) is 31.7 Å². The van der Waals surface area contributed by atoms with Crippen molar-refractivity contribution in [3.63, 3.8) is 0 Å². The molecule has 2 aromatic heterocycles. The number of pyridine rings is 1. The quantitative estimate of drug-likeness (QED) is 0.338. The molecule has 4 aromatic rings. The second kappa shape index (κ2) is 11.1. The normalized spacial score (nSPS) is 15.4. The van der Waals surface area contributed by atoms with Gasteiger partial charge in [0.05, 0.1) is 16.6 Å². The van der Waals surface area contributed by atoms with Crippen LogP contribution in [0.25, 0.3) is 28.0 Å². The molecule has 0 bridgehead atoms. The van der Waals surface area contributed by atoms with E-state index in [4.69, 9.17) is 0 Å². The van der Waals surface area contributed by atoms with Crippen LogP contribution in [0, 0.1) is 18.6 Å². The van der Waals surface area contributed by atoms with E-state index in [1.165, 1.54) is 28.8 Å². The van der Waals surface area contributed by atoms with Gasteiger partial charge in [0.15, 0.2) is 11.5 Å². The molecular weight excluding hydrogens is 528 g/mol. The van der Waals surface area contributed by atoms with Crippen LogP contribution in [0.1, 0.15) is 31.4 Å². The summed E-state index contributed by atoms with van der Waals surface area (Å²) in [5.74, 6) is -2.18. The van der Waals surface area contributed by atoms with Gasteiger partial charge in [0.25, 0.3) is 0 Å². The van der Waals surface area contributed by atoms with Crippen LogP contribution in [-0.4, -0.2) is 56.1 Å². The Morgan fingerprint density at radius 1 is 1.15 bits per heavy atom. The molecule has 1 saturated heterocycles. The molecule has 0 aliphatic carbocycles. The third-order valence-corrected chi connectivity index (χ3v) is 7.48. The van der Waals surface area contributed by atoms with Gasteiger partial charge in [0, 0.05) is 25.7 Å². The number of amides is 1. The molecule has 212 valence electrons. The molecule has 10 heteroatoms. The minimum absolute atomic E-state index is 0.0861. The Bertz CT molecular complexity index is 1720. The average molecular weight is 560 g/mol. The summed E-state index contributed by atoms with van der Waals surface area (Å²) in [6.07, 6.45) is 2.75. The van der Waals surface area contributed by atoms with Crippen LogP contribution in [0.4, 0.5) is 14.6 Å². The number of nitrogens with zero attached hydrogens (tertiary/aromatic N) is 5. The van der Waals surface area contributed by atoms with Crippen LogP contribution >= 0.6 is 0 Å². The molecule has 0 radical (unpaired) electrons. The number of rotatable bonds is 6. The summed E-state index contributed by atoms with van der Waals surface area (Å²) in [4.78, 5) is 38.6. The fraction of sp³-hybridized carbons (Fsp3) is 0.290. The van der Waals surface area contributed by atoms with Crippen molar-refractivity contribution in [2.24, 2.45) is 0 Å². The number of fused-ring (bicyclic) bond motifs is 1. The van der Waals surface area contributed by atoms with Crippen molar-refractivity contribution in [2.75, 3.05) is 24.5 Å². The molecule has 1 amide bonds. The third-order valence-electron chi connectivity index (χ3n) is 7.48. The molecule has 0 unspecified atom stereocenters. The van der Waals surface area contributed by atoms with E-state index in [-0.39, 0.29) is 28.8 Å². The smallest absolute Gasteiger partial charge is 0.355 e. The Balaban J connectivity index is 1.81. The number of hydrogen-bond acceptors (Lipinski definition) is 6. The van der Waals surface area contributed by atoms with Gasteiger partial charge in [0.1, 0.15) is 23.1 Å². The number of aromatic nitrogens is 3. The highest BCUT2D eigenvalue weighted by Crippen LogP contribution is 2.36. The van der Waals surface area contributed by atoms with Crippen LogP contribution in [0.15, 0.2) is 59.9 Å². The lowest BCUT2D eigenvalue weighted by molar-refractivity contribution is -0.128. The molecule has 0 saturated carbocycles. The van der Waals surface area contributed by atoms with Gasteiger partial charge >= 0.3 is 5.69 Å². The van der Waals surface area contributed by atoms with Gasteiger partial charge in [-0.3, -0.25) is 4.79 Å². The predicted octanol–water partition coefficient (Wildman–Crippen LogP) is 4.92. The van der Waals surface area contributed by atoms with Crippen LogP contribution in [0.2, 0.25) is 0 Å². The number of phenolic OH excluding ortho intramolecular Hbond substituents is 1. The second-order valence-electron chi connectivity index (χ2n) is 10.2. The van der Waals surface area contributed by atoms with Gasteiger partial charge in [-0.15, -0.1) is 0 Å². The molecule has 1 fully saturated rings. The number of aromatic hydroxyl groups is 1. The SMILES string of the molecule is C=CC(=O)N1CCN(c2nc(=O)n(-c3c(C)cccc3CCC)c3nc(-c4c(O)cccc4F)c(F)cc23)C[C@H]1C. The zero-order chi connectivity index (χ0) is 29.4. The standard InChI is InChI=1S/C31H31F2N5O3/c1-5-9-20-11-7-10-18(3)28(20)38-30-21(16-23(33)27(34-30)26-22(32)12-8-13-24(26)39)29(35-31(38)41)36-14-15-37(19(4)17-36)25(40)6-2/h6-8,10-13,16,19,39H,2,5,9,14-15,17H2,1,3-4H3/t19-/m1/s1. The highest BCUT2D eigenvalue weighted by Gasteiger charge is 2.30. The number of phenols is 1. The Kier molecular flexibility index (Phi) is 7.57. The summed E-state index contributed by atoms with van der Waals surface area (Å²) >= 11 is 0. The molecule has 2 aromatic carbocycles. The molecule has 41 heavy (non-hydrogen) atoms. The number of aryl methyl sites for hydroxylation is 2. The van der Waals surface area contributed by atoms with Crippen molar-refractivity contribution in [2.45, 2.75) is 39.7 Å². The number of halogens is 2. The van der Waals surface area contributed by atoms with Crippen molar-refractivity contribution in [3.05, 3.63) is 88.4 Å². The summed E-state index contributed by atoms with van der Waals surface area (Å²) in [5.41, 5.74) is 0.910. The second-order valence-corrected chi connectivity index (χ2v) is 10.2. The first-order chi connectivity index (χ1) is 19.7. The lowest BCUT2D eigenvalue weighted by atomic mass is 10.0. The molecule has 5 rings (SSSR count). The Labute approximate surface area is 236 Å². The van der Waals surface area contributed by atoms with E-state index in [9.17, 15) is 19.1 Å². The molecule has 1 N–H and O–H groups in total. The first-order valence-corrected chi connectivity index (χ1v) is 13.5. The van der Waals surface area contributed by atoms with Gasteiger partial charge in [-0.2, -0.15) is 4.98 Å². The van der Waals surface area contributed by atoms with Crippen molar-refractivity contribution in [1.82, 2.24) is 19.4 Å². The Morgan fingerprint density at radius 2 is 1.90 bits per heavy atom. The average Bonchev–Trinajstić information content (AvgIpc) is 2.94. The number of para-hydroxylation sites is 1. The largest absolute Gasteiger partial charge is 0.507 e. The molecule has 1 aliphatic rings. The van der Waals surface area contributed by atoms with Gasteiger partial charge in [-0.1, -0.05) is 44.2 Å². The molecular formula is C31H31F2N5O3. The maximum atomic E-state index is 15.8. The monoisotopic (exact) mass is 559 g/mol. The molecule has 0 spiro atoms. The van der Waals surface area contributed by atoms with Crippen LogP contribution in [-0.2, 0) is 11.2 Å². The number of anilines is 1. The molecule has 3 heterocycles. The first-order valence-electron chi connectivity index (χ1n) is 13.5. The number of carbonyl (C=O) groups excluding carboxylic acids is 1. The van der Waals surface area contributed by atoms with E-state index in [0.717, 1.165) is 23.6 Å². The van der Waals surface area contributed by atoms with Crippen LogP contribution in [0.5, 0.6) is 5.75 Å². The minimum atomic E-state index is -0.877. The van der Waals surface area contributed by atoms with Crippen molar-refractivity contribution in [3.8, 4) is 22.7 Å². The van der Waals surface area contributed by atoms with E-state index in [1.807, 2.05) is 43.9 Å². The molecule has 1 aliphatic heterocycles. The Hall–Kier alpha value is -4.60. The number of piperazine rings is 1. The number of hydrogen-bond donors (Lipinski definition) is 1. The molecule has 1 atom stereocenters. The fourth-order valence-electron chi connectivity index (χ4n) is 5.58. The number of benzene rings is 2. The molecule has 8 nitrogen and oxygen atoms in total. The van der Waals surface area contributed by atoms with E-state index in [2.05, 4.69) is 16.5 Å². The van der Waals surface area contributed by atoms with Gasteiger partial charge in [-0.25, -0.2) is 23.1 Å². The zero-order valence-corrected chi connectivity index (χ0v) is 23.2. The summed E-state index contributed by atoms with van der Waals surface area (Å²) in [6, 6.07) is 10.3. The van der Waals surface area contributed by atoms with E-state index >= 15 is 4.39 Å². The maximum Gasteiger partial charge on any atom is 0.355 e. The van der Waals surface area contributed by atoms with Crippen molar-refractivity contribution < 1.29 is 18.7 Å². The van der Waals surface area contributed by atoms with Crippen LogP contribution < -0.4 is 10.6 Å². The van der Waals surface area contributed by atoms with E-state index in [1.54, 1.807) is 4.90 Å². The van der Waals surface area contributed by atoms with Crippen LogP contribution in [0.3, 0.4) is 0 Å². The zero-order valence-electron chi connectivity index (χ0n) is 23.2. The first kappa shape index (κ1) is 27.9. The van der Waals surface area contributed by atoms with Crippen molar-refractivity contribution >= 4 is 22.8 Å². The summed E-state index contributed by atoms with van der Waals surface area (Å²) in [5, 5.41) is 10.7. The maximum absolute atomic E-state index is 15.8. The van der Waals surface area contributed by atoms with Gasteiger partial charge < -0.3 is 14.9 Å².